The van der Waals surface area contributed by atoms with Crippen molar-refractivity contribution in [2.24, 2.45) is 0 Å². The lowest BCUT2D eigenvalue weighted by Crippen LogP contribution is -2.36. The topological polar surface area (TPSA) is 68.3 Å². The first-order valence-corrected chi connectivity index (χ1v) is 7.76. The van der Waals surface area contributed by atoms with Crippen LogP contribution in [0.5, 0.6) is 0 Å². The van der Waals surface area contributed by atoms with Gasteiger partial charge >= 0.3 is 12.1 Å². The van der Waals surface area contributed by atoms with Gasteiger partial charge in [-0.15, -0.1) is 0 Å². The van der Waals surface area contributed by atoms with Gasteiger partial charge in [-0.2, -0.15) is 5.06 Å². The van der Waals surface area contributed by atoms with E-state index in [1.54, 1.807) is 12.0 Å². The van der Waals surface area contributed by atoms with Crippen molar-refractivity contribution in [1.82, 2.24) is 9.96 Å². The Hall–Kier alpha value is -2.12. The van der Waals surface area contributed by atoms with Crippen molar-refractivity contribution in [3.05, 3.63) is 35.9 Å². The van der Waals surface area contributed by atoms with Crippen LogP contribution < -0.4 is 0 Å². The van der Waals surface area contributed by atoms with Crippen molar-refractivity contribution in [3.63, 3.8) is 0 Å². The zero-order chi connectivity index (χ0) is 16.2. The van der Waals surface area contributed by atoms with Crippen molar-refractivity contribution < 1.29 is 23.9 Å². The van der Waals surface area contributed by atoms with Gasteiger partial charge in [0.2, 0.25) is 0 Å². The van der Waals surface area contributed by atoms with Gasteiger partial charge in [0.05, 0.1) is 19.7 Å². The Morgan fingerprint density at radius 2 is 2.13 bits per heavy atom. The number of hydrogen-bond donors (Lipinski definition) is 0. The van der Waals surface area contributed by atoms with Crippen molar-refractivity contribution in [1.29, 1.82) is 0 Å². The van der Waals surface area contributed by atoms with Crippen LogP contribution in [0.15, 0.2) is 30.3 Å². The van der Waals surface area contributed by atoms with E-state index in [0.29, 0.717) is 32.7 Å². The lowest BCUT2D eigenvalue weighted by Gasteiger charge is -2.23. The largest absolute Gasteiger partial charge is 0.465 e. The number of rotatable bonds is 5. The molecule has 2 unspecified atom stereocenters. The summed E-state index contributed by atoms with van der Waals surface area (Å²) < 4.78 is 10.1. The summed E-state index contributed by atoms with van der Waals surface area (Å²) in [5.74, 6) is -0.335. The van der Waals surface area contributed by atoms with E-state index in [9.17, 15) is 9.59 Å². The molecular formula is C16H20N2O5. The number of nitrogens with zero attached hydrogens (tertiary/aromatic N) is 2. The Balaban J connectivity index is 1.73. The van der Waals surface area contributed by atoms with Crippen LogP contribution >= 0.6 is 0 Å². The van der Waals surface area contributed by atoms with Crippen LogP contribution in [0, 0.1) is 0 Å². The van der Waals surface area contributed by atoms with Crippen LogP contribution in [0.1, 0.15) is 18.9 Å². The molecule has 124 valence electrons. The van der Waals surface area contributed by atoms with Gasteiger partial charge in [0.25, 0.3) is 0 Å². The zero-order valence-corrected chi connectivity index (χ0v) is 13.0. The lowest BCUT2D eigenvalue weighted by atomic mass is 10.1. The number of hydroxylamine groups is 2. The first-order valence-electron chi connectivity index (χ1n) is 7.76. The minimum Gasteiger partial charge on any atom is -0.465 e. The fraction of sp³-hybridized carbons (Fsp3) is 0.500. The predicted molar refractivity (Wildman–Crippen MR) is 80.0 cm³/mol. The van der Waals surface area contributed by atoms with Gasteiger partial charge < -0.3 is 9.47 Å². The van der Waals surface area contributed by atoms with Gasteiger partial charge in [-0.05, 0) is 12.5 Å². The normalized spacial score (nSPS) is 24.7. The molecule has 7 nitrogen and oxygen atoms in total. The number of hydrogen-bond acceptors (Lipinski definition) is 6. The summed E-state index contributed by atoms with van der Waals surface area (Å²) in [7, 11) is 0. The Kier molecular flexibility index (Phi) is 4.78. The number of cyclic esters (lactones) is 1. The van der Waals surface area contributed by atoms with E-state index in [0.717, 1.165) is 5.56 Å². The van der Waals surface area contributed by atoms with Crippen molar-refractivity contribution in [2.45, 2.75) is 32.2 Å². The van der Waals surface area contributed by atoms with E-state index in [1.165, 1.54) is 4.90 Å². The zero-order valence-electron chi connectivity index (χ0n) is 13.0. The summed E-state index contributed by atoms with van der Waals surface area (Å²) >= 11 is 0. The van der Waals surface area contributed by atoms with Gasteiger partial charge in [0.15, 0.2) is 6.23 Å². The summed E-state index contributed by atoms with van der Waals surface area (Å²) in [6.45, 7) is 3.35. The molecule has 3 rings (SSSR count). The molecule has 23 heavy (non-hydrogen) atoms. The molecule has 7 heteroatoms. The second-order valence-corrected chi connectivity index (χ2v) is 5.43. The number of carbonyl (C=O) groups excluding carboxylic acids is 2. The molecule has 1 amide bonds. The average Bonchev–Trinajstić information content (AvgIpc) is 3.15. The maximum Gasteiger partial charge on any atom is 0.412 e. The molecule has 0 radical (unpaired) electrons. The van der Waals surface area contributed by atoms with Gasteiger partial charge in [-0.25, -0.2) is 4.79 Å². The highest BCUT2D eigenvalue weighted by Gasteiger charge is 2.44. The number of amides is 1. The molecule has 2 saturated heterocycles. The Morgan fingerprint density at radius 1 is 1.35 bits per heavy atom. The second-order valence-electron chi connectivity index (χ2n) is 5.43. The third-order valence-corrected chi connectivity index (χ3v) is 3.91. The van der Waals surface area contributed by atoms with Crippen LogP contribution in [0.25, 0.3) is 0 Å². The predicted octanol–water partition coefficient (Wildman–Crippen LogP) is 1.53. The highest BCUT2D eigenvalue weighted by atomic mass is 16.7. The third-order valence-electron chi connectivity index (χ3n) is 3.91. The molecule has 1 aromatic carbocycles. The van der Waals surface area contributed by atoms with E-state index in [2.05, 4.69) is 0 Å². The van der Waals surface area contributed by atoms with E-state index in [4.69, 9.17) is 14.3 Å². The van der Waals surface area contributed by atoms with E-state index >= 15 is 0 Å². The average molecular weight is 320 g/mol. The third kappa shape index (κ3) is 3.46. The fourth-order valence-corrected chi connectivity index (χ4v) is 2.80. The minimum atomic E-state index is -0.534. The van der Waals surface area contributed by atoms with E-state index in [1.807, 2.05) is 30.3 Å². The summed E-state index contributed by atoms with van der Waals surface area (Å²) in [5.41, 5.74) is 1.02. The molecule has 0 saturated carbocycles. The molecule has 1 aromatic rings. The fourth-order valence-electron chi connectivity index (χ4n) is 2.80. The number of carbonyl (C=O) groups is 2. The van der Waals surface area contributed by atoms with Crippen LogP contribution in [-0.4, -0.2) is 54.1 Å². The summed E-state index contributed by atoms with van der Waals surface area (Å²) in [5, 5.41) is 1.60. The molecule has 2 aliphatic heterocycles. The van der Waals surface area contributed by atoms with Crippen LogP contribution in [-0.2, 0) is 25.7 Å². The molecule has 2 atom stereocenters. The summed E-state index contributed by atoms with van der Waals surface area (Å²) in [4.78, 5) is 31.3. The number of benzene rings is 1. The van der Waals surface area contributed by atoms with Crippen molar-refractivity contribution in [2.75, 3.05) is 19.8 Å². The molecule has 0 spiro atoms. The Labute approximate surface area is 134 Å². The van der Waals surface area contributed by atoms with E-state index in [-0.39, 0.29) is 5.97 Å². The SMILES string of the molecule is CCOC(=O)C1CC(N2CCOC2=O)ON1Cc1ccccc1. The standard InChI is InChI=1S/C16H20N2O5/c1-2-21-15(19)13-10-14(17-8-9-22-16(17)20)23-18(13)11-12-6-4-3-5-7-12/h3-7,13-14H,2,8-11H2,1H3. The second kappa shape index (κ2) is 6.97. The van der Waals surface area contributed by atoms with Crippen LogP contribution in [0.3, 0.4) is 0 Å². The van der Waals surface area contributed by atoms with Gasteiger partial charge in [0.1, 0.15) is 12.6 Å². The quantitative estimate of drug-likeness (QED) is 0.767. The smallest absolute Gasteiger partial charge is 0.412 e. The summed E-state index contributed by atoms with van der Waals surface area (Å²) in [6.07, 6.45) is -0.525. The molecule has 0 N–H and O–H groups in total. The van der Waals surface area contributed by atoms with Crippen LogP contribution in [0.4, 0.5) is 4.79 Å². The first kappa shape index (κ1) is 15.8. The van der Waals surface area contributed by atoms with Gasteiger partial charge in [-0.1, -0.05) is 30.3 Å². The maximum absolute atomic E-state index is 12.2. The van der Waals surface area contributed by atoms with Crippen LogP contribution in [0.2, 0.25) is 0 Å². The molecule has 0 aliphatic carbocycles. The highest BCUT2D eigenvalue weighted by Crippen LogP contribution is 2.28. The molecule has 2 aliphatic rings. The van der Waals surface area contributed by atoms with Gasteiger partial charge in [-0.3, -0.25) is 14.5 Å². The summed E-state index contributed by atoms with van der Waals surface area (Å²) in [6, 6.07) is 9.18. The lowest BCUT2D eigenvalue weighted by molar-refractivity contribution is -0.203. The molecule has 2 heterocycles. The number of ether oxygens (including phenoxy) is 2. The Morgan fingerprint density at radius 3 is 2.78 bits per heavy atom. The molecular weight excluding hydrogens is 300 g/mol. The molecule has 0 bridgehead atoms. The minimum absolute atomic E-state index is 0.310. The van der Waals surface area contributed by atoms with Gasteiger partial charge in [0, 0.05) is 6.42 Å². The first-order chi connectivity index (χ1) is 11.2. The Bertz CT molecular complexity index is 565. The number of esters is 1. The van der Waals surface area contributed by atoms with Crippen molar-refractivity contribution in [3.8, 4) is 0 Å². The van der Waals surface area contributed by atoms with Crippen molar-refractivity contribution >= 4 is 12.1 Å². The molecule has 0 aromatic heterocycles. The highest BCUT2D eigenvalue weighted by molar-refractivity contribution is 5.76. The van der Waals surface area contributed by atoms with E-state index < -0.39 is 18.4 Å². The maximum atomic E-state index is 12.2. The molecule has 2 fully saturated rings. The monoisotopic (exact) mass is 320 g/mol.